The van der Waals surface area contributed by atoms with Crippen LogP contribution in [0.5, 0.6) is 0 Å². The summed E-state index contributed by atoms with van der Waals surface area (Å²) in [5.74, 6) is 0.0186. The van der Waals surface area contributed by atoms with Crippen molar-refractivity contribution in [2.75, 3.05) is 38.7 Å². The van der Waals surface area contributed by atoms with Gasteiger partial charge in [0.2, 0.25) is 5.91 Å². The van der Waals surface area contributed by atoms with E-state index in [1.165, 1.54) is 0 Å². The van der Waals surface area contributed by atoms with Gasteiger partial charge in [0.1, 0.15) is 0 Å². The number of likely N-dealkylation sites (tertiary alicyclic amines) is 1. The van der Waals surface area contributed by atoms with Gasteiger partial charge in [-0.1, -0.05) is 18.2 Å². The molecule has 3 atom stereocenters. The van der Waals surface area contributed by atoms with Crippen LogP contribution >= 0.6 is 0 Å². The first kappa shape index (κ1) is 14.5. The van der Waals surface area contributed by atoms with Crippen molar-refractivity contribution in [1.29, 1.82) is 0 Å². The summed E-state index contributed by atoms with van der Waals surface area (Å²) in [6.45, 7) is 3.34. The summed E-state index contributed by atoms with van der Waals surface area (Å²) in [7, 11) is 1.71. The van der Waals surface area contributed by atoms with E-state index < -0.39 is 0 Å². The van der Waals surface area contributed by atoms with Gasteiger partial charge in [0, 0.05) is 32.4 Å². The summed E-state index contributed by atoms with van der Waals surface area (Å²) in [6, 6.07) is 9.60. The van der Waals surface area contributed by atoms with Crippen molar-refractivity contribution in [3.05, 3.63) is 30.3 Å². The van der Waals surface area contributed by atoms with Crippen LogP contribution < -0.4 is 5.32 Å². The first-order valence-corrected chi connectivity index (χ1v) is 7.49. The molecule has 5 nitrogen and oxygen atoms in total. The number of fused-ring (bicyclic) bond motifs is 2. The monoisotopic (exact) mass is 290 g/mol. The van der Waals surface area contributed by atoms with Gasteiger partial charge in [-0.25, -0.2) is 0 Å². The van der Waals surface area contributed by atoms with E-state index in [2.05, 4.69) is 10.2 Å². The molecule has 0 saturated carbocycles. The maximum Gasteiger partial charge on any atom is 0.230 e. The fourth-order valence-electron chi connectivity index (χ4n) is 3.17. The summed E-state index contributed by atoms with van der Waals surface area (Å²) in [5, 5.41) is 2.99. The highest BCUT2D eigenvalue weighted by Crippen LogP contribution is 2.32. The van der Waals surface area contributed by atoms with E-state index >= 15 is 0 Å². The molecule has 3 rings (SSSR count). The topological polar surface area (TPSA) is 50.8 Å². The number of ether oxygens (including phenoxy) is 2. The predicted octanol–water partition coefficient (Wildman–Crippen LogP) is 1.36. The normalized spacial score (nSPS) is 28.5. The van der Waals surface area contributed by atoms with Crippen LogP contribution in [0.1, 0.15) is 6.42 Å². The molecular formula is C16H22N2O3. The summed E-state index contributed by atoms with van der Waals surface area (Å²) in [6.07, 6.45) is 0.990. The quantitative estimate of drug-likeness (QED) is 0.889. The van der Waals surface area contributed by atoms with Crippen LogP contribution in [-0.2, 0) is 14.3 Å². The van der Waals surface area contributed by atoms with Crippen LogP contribution in [0.3, 0.4) is 0 Å². The summed E-state index contributed by atoms with van der Waals surface area (Å²) >= 11 is 0. The zero-order valence-electron chi connectivity index (χ0n) is 12.3. The average Bonchev–Trinajstić information content (AvgIpc) is 2.81. The molecule has 0 unspecified atom stereocenters. The van der Waals surface area contributed by atoms with Crippen molar-refractivity contribution < 1.29 is 14.3 Å². The van der Waals surface area contributed by atoms with Crippen LogP contribution in [0.4, 0.5) is 5.69 Å². The number of anilines is 1. The maximum absolute atomic E-state index is 12.4. The number of amides is 1. The van der Waals surface area contributed by atoms with Gasteiger partial charge in [0.15, 0.2) is 0 Å². The number of benzene rings is 1. The average molecular weight is 290 g/mol. The zero-order valence-corrected chi connectivity index (χ0v) is 12.3. The molecular weight excluding hydrogens is 268 g/mol. The SMILES string of the molecule is COCCN1C[C@@H]2C[C@H](C(=O)Nc3ccccc3)[C@@H](C1)O2. The van der Waals surface area contributed by atoms with Crippen molar-refractivity contribution in [3.63, 3.8) is 0 Å². The largest absolute Gasteiger partial charge is 0.383 e. The Bertz CT molecular complexity index is 480. The van der Waals surface area contributed by atoms with Crippen molar-refractivity contribution in [3.8, 4) is 0 Å². The number of nitrogens with one attached hydrogen (secondary N) is 1. The van der Waals surface area contributed by atoms with E-state index in [0.717, 1.165) is 38.3 Å². The number of rotatable bonds is 5. The highest BCUT2D eigenvalue weighted by atomic mass is 16.5. The number of carbonyl (C=O) groups excluding carboxylic acids is 1. The molecule has 1 aromatic rings. The molecule has 0 aliphatic carbocycles. The van der Waals surface area contributed by atoms with Crippen LogP contribution in [0, 0.1) is 5.92 Å². The number of nitrogens with zero attached hydrogens (tertiary/aromatic N) is 1. The van der Waals surface area contributed by atoms with E-state index in [-0.39, 0.29) is 24.0 Å². The van der Waals surface area contributed by atoms with Gasteiger partial charge in [-0.2, -0.15) is 0 Å². The smallest absolute Gasteiger partial charge is 0.230 e. The molecule has 0 aromatic heterocycles. The van der Waals surface area contributed by atoms with E-state index in [1.54, 1.807) is 7.11 Å². The van der Waals surface area contributed by atoms with Crippen LogP contribution in [0.25, 0.3) is 0 Å². The zero-order chi connectivity index (χ0) is 14.7. The molecule has 0 radical (unpaired) electrons. The molecule has 1 aromatic carbocycles. The first-order valence-electron chi connectivity index (χ1n) is 7.49. The molecule has 0 spiro atoms. The maximum atomic E-state index is 12.4. The lowest BCUT2D eigenvalue weighted by atomic mass is 9.99. The molecule has 114 valence electrons. The summed E-state index contributed by atoms with van der Waals surface area (Å²) in [4.78, 5) is 14.8. The second-order valence-corrected chi connectivity index (χ2v) is 5.75. The van der Waals surface area contributed by atoms with Gasteiger partial charge < -0.3 is 14.8 Å². The molecule has 1 N–H and O–H groups in total. The Hall–Kier alpha value is -1.43. The van der Waals surface area contributed by atoms with Crippen molar-refractivity contribution in [2.45, 2.75) is 18.6 Å². The predicted molar refractivity (Wildman–Crippen MR) is 80.2 cm³/mol. The van der Waals surface area contributed by atoms with Gasteiger partial charge in [0.05, 0.1) is 24.7 Å². The fraction of sp³-hybridized carbons (Fsp3) is 0.562. The van der Waals surface area contributed by atoms with E-state index in [9.17, 15) is 4.79 Å². The molecule has 2 heterocycles. The number of morpholine rings is 1. The number of methoxy groups -OCH3 is 1. The van der Waals surface area contributed by atoms with Crippen LogP contribution in [0.2, 0.25) is 0 Å². The number of para-hydroxylation sites is 1. The first-order chi connectivity index (χ1) is 10.3. The third-order valence-electron chi connectivity index (χ3n) is 4.22. The number of hydrogen-bond acceptors (Lipinski definition) is 4. The molecule has 2 bridgehead atoms. The summed E-state index contributed by atoms with van der Waals surface area (Å²) < 4.78 is 11.1. The Morgan fingerprint density at radius 2 is 2.19 bits per heavy atom. The third kappa shape index (κ3) is 3.43. The molecule has 2 fully saturated rings. The Kier molecular flexibility index (Phi) is 4.53. The minimum absolute atomic E-state index is 0.00400. The molecule has 21 heavy (non-hydrogen) atoms. The van der Waals surface area contributed by atoms with Gasteiger partial charge in [-0.3, -0.25) is 9.69 Å². The second kappa shape index (κ2) is 6.56. The molecule has 2 aliphatic heterocycles. The minimum atomic E-state index is -0.0530. The highest BCUT2D eigenvalue weighted by Gasteiger charge is 2.44. The highest BCUT2D eigenvalue weighted by molar-refractivity contribution is 5.93. The molecule has 2 aliphatic rings. The second-order valence-electron chi connectivity index (χ2n) is 5.75. The van der Waals surface area contributed by atoms with Gasteiger partial charge >= 0.3 is 0 Å². The van der Waals surface area contributed by atoms with Crippen LogP contribution in [-0.4, -0.2) is 56.4 Å². The fourth-order valence-corrected chi connectivity index (χ4v) is 3.17. The van der Waals surface area contributed by atoms with Crippen LogP contribution in [0.15, 0.2) is 30.3 Å². The molecule has 5 heteroatoms. The lowest BCUT2D eigenvalue weighted by Gasteiger charge is -2.32. The summed E-state index contributed by atoms with van der Waals surface area (Å²) in [5.41, 5.74) is 0.847. The van der Waals surface area contributed by atoms with Gasteiger partial charge in [-0.05, 0) is 18.6 Å². The molecule has 1 amide bonds. The van der Waals surface area contributed by atoms with Gasteiger partial charge in [0.25, 0.3) is 0 Å². The lowest BCUT2D eigenvalue weighted by molar-refractivity contribution is -0.123. The van der Waals surface area contributed by atoms with Crippen molar-refractivity contribution in [1.82, 2.24) is 4.90 Å². The van der Waals surface area contributed by atoms with E-state index in [4.69, 9.17) is 9.47 Å². The third-order valence-corrected chi connectivity index (χ3v) is 4.22. The number of carbonyl (C=O) groups is 1. The Morgan fingerprint density at radius 3 is 2.95 bits per heavy atom. The number of hydrogen-bond donors (Lipinski definition) is 1. The Morgan fingerprint density at radius 1 is 1.38 bits per heavy atom. The van der Waals surface area contributed by atoms with E-state index in [0.29, 0.717) is 0 Å². The minimum Gasteiger partial charge on any atom is -0.383 e. The molecule has 2 saturated heterocycles. The van der Waals surface area contributed by atoms with Crippen molar-refractivity contribution in [2.24, 2.45) is 5.92 Å². The lowest BCUT2D eigenvalue weighted by Crippen LogP contribution is -2.45. The van der Waals surface area contributed by atoms with Gasteiger partial charge in [-0.15, -0.1) is 0 Å². The van der Waals surface area contributed by atoms with Crippen molar-refractivity contribution >= 4 is 11.6 Å². The Labute approximate surface area is 125 Å². The Balaban J connectivity index is 1.58. The van der Waals surface area contributed by atoms with E-state index in [1.807, 2.05) is 30.3 Å². The standard InChI is InChI=1S/C16H22N2O3/c1-20-8-7-18-10-13-9-14(15(11-18)21-13)16(19)17-12-5-3-2-4-6-12/h2-6,13-15H,7-11H2,1H3,(H,17,19)/t13-,14-,15+/m0/s1.